The van der Waals surface area contributed by atoms with E-state index in [1.54, 1.807) is 14.0 Å². The van der Waals surface area contributed by atoms with E-state index >= 15 is 0 Å². The molecule has 5 heteroatoms. The number of para-hydroxylation sites is 1. The molecule has 5 nitrogen and oxygen atoms in total. The highest BCUT2D eigenvalue weighted by Gasteiger charge is 2.22. The van der Waals surface area contributed by atoms with Gasteiger partial charge in [0.05, 0.1) is 19.3 Å². The Bertz CT molecular complexity index is 566. The van der Waals surface area contributed by atoms with Crippen LogP contribution in [0.15, 0.2) is 22.6 Å². The lowest BCUT2D eigenvalue weighted by molar-refractivity contribution is 0.409. The standard InChI is InChI=1S/C14H17N3O2/c1-10-15-16-13(19-10)9-17-8-4-6-11-5-3-7-12(18-2)14(11)17/h3,5,7H,4,6,8-9H2,1-2H3. The Hall–Kier alpha value is -2.04. The molecule has 1 aromatic heterocycles. The number of ether oxygens (including phenoxy) is 1. The van der Waals surface area contributed by atoms with Gasteiger partial charge in [-0.2, -0.15) is 0 Å². The summed E-state index contributed by atoms with van der Waals surface area (Å²) in [5.74, 6) is 2.16. The first-order valence-electron chi connectivity index (χ1n) is 6.48. The zero-order valence-corrected chi connectivity index (χ0v) is 11.2. The van der Waals surface area contributed by atoms with Gasteiger partial charge in [0.1, 0.15) is 5.75 Å². The Kier molecular flexibility index (Phi) is 3.11. The van der Waals surface area contributed by atoms with Crippen molar-refractivity contribution in [2.45, 2.75) is 26.3 Å². The van der Waals surface area contributed by atoms with Crippen molar-refractivity contribution in [3.05, 3.63) is 35.5 Å². The number of anilines is 1. The normalized spacial score (nSPS) is 14.3. The van der Waals surface area contributed by atoms with Crippen LogP contribution in [0.4, 0.5) is 5.69 Å². The van der Waals surface area contributed by atoms with Crippen molar-refractivity contribution >= 4 is 5.69 Å². The molecule has 0 bridgehead atoms. The van der Waals surface area contributed by atoms with E-state index in [-0.39, 0.29) is 0 Å². The Balaban J connectivity index is 1.93. The number of hydrogen-bond donors (Lipinski definition) is 0. The molecule has 1 aromatic carbocycles. The summed E-state index contributed by atoms with van der Waals surface area (Å²) in [6.45, 7) is 3.42. The number of aryl methyl sites for hydroxylation is 2. The first-order chi connectivity index (χ1) is 9.28. The molecule has 0 atom stereocenters. The van der Waals surface area contributed by atoms with E-state index in [4.69, 9.17) is 9.15 Å². The summed E-state index contributed by atoms with van der Waals surface area (Å²) in [5, 5.41) is 7.95. The summed E-state index contributed by atoms with van der Waals surface area (Å²) in [6.07, 6.45) is 2.22. The summed E-state index contributed by atoms with van der Waals surface area (Å²) in [5.41, 5.74) is 2.48. The number of methoxy groups -OCH3 is 1. The Morgan fingerprint density at radius 1 is 1.37 bits per heavy atom. The zero-order chi connectivity index (χ0) is 13.2. The maximum atomic E-state index is 5.48. The molecular formula is C14H17N3O2. The maximum absolute atomic E-state index is 5.48. The minimum atomic E-state index is 0.604. The molecule has 2 aromatic rings. The summed E-state index contributed by atoms with van der Waals surface area (Å²) < 4.78 is 10.9. The van der Waals surface area contributed by atoms with Crippen LogP contribution in [0.25, 0.3) is 0 Å². The van der Waals surface area contributed by atoms with E-state index in [9.17, 15) is 0 Å². The molecule has 0 aliphatic carbocycles. The number of aromatic nitrogens is 2. The van der Waals surface area contributed by atoms with Gasteiger partial charge < -0.3 is 14.1 Å². The first kappa shape index (κ1) is 12.0. The molecule has 0 saturated carbocycles. The highest BCUT2D eigenvalue weighted by molar-refractivity contribution is 5.65. The van der Waals surface area contributed by atoms with Gasteiger partial charge in [-0.3, -0.25) is 0 Å². The molecule has 1 aliphatic heterocycles. The van der Waals surface area contributed by atoms with Crippen LogP contribution < -0.4 is 9.64 Å². The monoisotopic (exact) mass is 259 g/mol. The minimum absolute atomic E-state index is 0.604. The van der Waals surface area contributed by atoms with Crippen molar-refractivity contribution in [1.29, 1.82) is 0 Å². The fourth-order valence-electron chi connectivity index (χ4n) is 2.59. The molecule has 0 fully saturated rings. The Morgan fingerprint density at radius 3 is 3.00 bits per heavy atom. The van der Waals surface area contributed by atoms with Gasteiger partial charge >= 0.3 is 0 Å². The van der Waals surface area contributed by atoms with Crippen LogP contribution in [0.2, 0.25) is 0 Å². The molecular weight excluding hydrogens is 242 g/mol. The second kappa shape index (κ2) is 4.91. The molecule has 3 rings (SSSR count). The van der Waals surface area contributed by atoms with Crippen LogP contribution in [0.3, 0.4) is 0 Å². The lowest BCUT2D eigenvalue weighted by atomic mass is 10.0. The van der Waals surface area contributed by atoms with Crippen molar-refractivity contribution < 1.29 is 9.15 Å². The Morgan fingerprint density at radius 2 is 2.26 bits per heavy atom. The van der Waals surface area contributed by atoms with Crippen molar-refractivity contribution in [1.82, 2.24) is 10.2 Å². The molecule has 0 amide bonds. The van der Waals surface area contributed by atoms with Crippen molar-refractivity contribution in [2.24, 2.45) is 0 Å². The summed E-state index contributed by atoms with van der Waals surface area (Å²) in [4.78, 5) is 2.25. The minimum Gasteiger partial charge on any atom is -0.495 e. The second-order valence-electron chi connectivity index (χ2n) is 4.71. The largest absolute Gasteiger partial charge is 0.495 e. The third-order valence-electron chi connectivity index (χ3n) is 3.39. The molecule has 0 unspecified atom stereocenters. The fraction of sp³-hybridized carbons (Fsp3) is 0.429. The van der Waals surface area contributed by atoms with Crippen LogP contribution in [-0.4, -0.2) is 23.9 Å². The van der Waals surface area contributed by atoms with Gasteiger partial charge in [-0.15, -0.1) is 10.2 Å². The molecule has 2 heterocycles. The first-order valence-corrected chi connectivity index (χ1v) is 6.48. The van der Waals surface area contributed by atoms with Crippen molar-refractivity contribution in [3.8, 4) is 5.75 Å². The third kappa shape index (κ3) is 2.28. The average Bonchev–Trinajstić information content (AvgIpc) is 2.84. The number of hydrogen-bond acceptors (Lipinski definition) is 5. The molecule has 1 aliphatic rings. The van der Waals surface area contributed by atoms with Gasteiger partial charge in [0.2, 0.25) is 11.8 Å². The molecule has 0 radical (unpaired) electrons. The van der Waals surface area contributed by atoms with E-state index in [0.29, 0.717) is 18.3 Å². The zero-order valence-electron chi connectivity index (χ0n) is 11.2. The predicted molar refractivity (Wildman–Crippen MR) is 71.4 cm³/mol. The topological polar surface area (TPSA) is 51.4 Å². The number of rotatable bonds is 3. The number of fused-ring (bicyclic) bond motifs is 1. The van der Waals surface area contributed by atoms with E-state index < -0.39 is 0 Å². The SMILES string of the molecule is COc1cccc2c1N(Cc1nnc(C)o1)CCC2. The summed E-state index contributed by atoms with van der Waals surface area (Å²) >= 11 is 0. The quantitative estimate of drug-likeness (QED) is 0.846. The highest BCUT2D eigenvalue weighted by Crippen LogP contribution is 2.36. The summed E-state index contributed by atoms with van der Waals surface area (Å²) in [7, 11) is 1.71. The maximum Gasteiger partial charge on any atom is 0.235 e. The van der Waals surface area contributed by atoms with Gasteiger partial charge in [0, 0.05) is 13.5 Å². The Labute approximate surface area is 112 Å². The van der Waals surface area contributed by atoms with Crippen LogP contribution in [0.1, 0.15) is 23.8 Å². The summed E-state index contributed by atoms with van der Waals surface area (Å²) in [6, 6.07) is 6.19. The predicted octanol–water partition coefficient (Wildman–Crippen LogP) is 2.34. The smallest absolute Gasteiger partial charge is 0.235 e. The van der Waals surface area contributed by atoms with Crippen LogP contribution in [0, 0.1) is 6.92 Å². The lowest BCUT2D eigenvalue weighted by Crippen LogP contribution is -2.29. The molecule has 100 valence electrons. The second-order valence-corrected chi connectivity index (χ2v) is 4.71. The van der Waals surface area contributed by atoms with Crippen LogP contribution in [-0.2, 0) is 13.0 Å². The van der Waals surface area contributed by atoms with E-state index in [1.165, 1.54) is 5.56 Å². The molecule has 0 N–H and O–H groups in total. The average molecular weight is 259 g/mol. The van der Waals surface area contributed by atoms with E-state index in [0.717, 1.165) is 30.8 Å². The molecule has 0 spiro atoms. The van der Waals surface area contributed by atoms with Gasteiger partial charge in [0.15, 0.2) is 0 Å². The molecule has 0 saturated heterocycles. The van der Waals surface area contributed by atoms with Gasteiger partial charge in [0.25, 0.3) is 0 Å². The lowest BCUT2D eigenvalue weighted by Gasteiger charge is -2.31. The van der Waals surface area contributed by atoms with Gasteiger partial charge in [-0.05, 0) is 24.5 Å². The van der Waals surface area contributed by atoms with Gasteiger partial charge in [-0.1, -0.05) is 12.1 Å². The van der Waals surface area contributed by atoms with Gasteiger partial charge in [-0.25, -0.2) is 0 Å². The highest BCUT2D eigenvalue weighted by atomic mass is 16.5. The fourth-order valence-corrected chi connectivity index (χ4v) is 2.59. The van der Waals surface area contributed by atoms with Crippen LogP contribution >= 0.6 is 0 Å². The van der Waals surface area contributed by atoms with Crippen molar-refractivity contribution in [2.75, 3.05) is 18.6 Å². The van der Waals surface area contributed by atoms with Crippen molar-refractivity contribution in [3.63, 3.8) is 0 Å². The molecule has 19 heavy (non-hydrogen) atoms. The van der Waals surface area contributed by atoms with E-state index in [1.807, 2.05) is 12.1 Å². The number of benzene rings is 1. The van der Waals surface area contributed by atoms with Crippen LogP contribution in [0.5, 0.6) is 5.75 Å². The number of nitrogens with zero attached hydrogens (tertiary/aromatic N) is 3. The van der Waals surface area contributed by atoms with E-state index in [2.05, 4.69) is 21.2 Å². The third-order valence-corrected chi connectivity index (χ3v) is 3.39.